The summed E-state index contributed by atoms with van der Waals surface area (Å²) in [6, 6.07) is 4.55. The van der Waals surface area contributed by atoms with E-state index in [4.69, 9.17) is 5.11 Å². The molecule has 1 amide bonds. The third kappa shape index (κ3) is 4.25. The molecule has 0 radical (unpaired) electrons. The van der Waals surface area contributed by atoms with Crippen LogP contribution < -0.4 is 0 Å². The summed E-state index contributed by atoms with van der Waals surface area (Å²) < 4.78 is 23.0. The zero-order valence-electron chi connectivity index (χ0n) is 11.3. The van der Waals surface area contributed by atoms with Crippen molar-refractivity contribution in [2.24, 2.45) is 0 Å². The lowest BCUT2D eigenvalue weighted by Gasteiger charge is -2.26. The number of hydrogen-bond acceptors (Lipinski definition) is 5. The van der Waals surface area contributed by atoms with Gasteiger partial charge in [0.15, 0.2) is 9.84 Å². The standard InChI is InChI=1S/C13H16N2O5S/c16-12(7-10-3-1-2-5-14-10)15(8-13(17)18)11-4-6-21(19,20)9-11/h1-3,5,11H,4,6-9H2,(H,17,18). The normalized spacial score (nSPS) is 20.1. The third-order valence-corrected chi connectivity index (χ3v) is 5.08. The molecule has 114 valence electrons. The van der Waals surface area contributed by atoms with E-state index >= 15 is 0 Å². The first-order chi connectivity index (χ1) is 9.87. The van der Waals surface area contributed by atoms with E-state index in [1.807, 2.05) is 0 Å². The number of carbonyl (C=O) groups excluding carboxylic acids is 1. The number of nitrogens with zero attached hydrogens (tertiary/aromatic N) is 2. The molecule has 1 aliphatic rings. The van der Waals surface area contributed by atoms with Crippen molar-refractivity contribution in [1.82, 2.24) is 9.88 Å². The molecule has 1 aromatic heterocycles. The summed E-state index contributed by atoms with van der Waals surface area (Å²) >= 11 is 0. The van der Waals surface area contributed by atoms with Gasteiger partial charge in [0.2, 0.25) is 5.91 Å². The molecule has 0 saturated carbocycles. The Hall–Kier alpha value is -1.96. The number of aromatic nitrogens is 1. The molecule has 1 atom stereocenters. The second-order valence-electron chi connectivity index (χ2n) is 4.97. The van der Waals surface area contributed by atoms with Crippen molar-refractivity contribution in [2.45, 2.75) is 18.9 Å². The summed E-state index contributed by atoms with van der Waals surface area (Å²) in [5.41, 5.74) is 0.527. The number of amides is 1. The first kappa shape index (κ1) is 15.4. The Bertz CT molecular complexity index is 629. The molecule has 0 aliphatic carbocycles. The van der Waals surface area contributed by atoms with Crippen LogP contribution in [-0.4, -0.2) is 59.4 Å². The number of rotatable bonds is 5. The highest BCUT2D eigenvalue weighted by atomic mass is 32.2. The Balaban J connectivity index is 2.12. The minimum Gasteiger partial charge on any atom is -0.480 e. The van der Waals surface area contributed by atoms with Gasteiger partial charge in [-0.2, -0.15) is 0 Å². The molecule has 2 heterocycles. The maximum atomic E-state index is 12.3. The first-order valence-electron chi connectivity index (χ1n) is 6.49. The topological polar surface area (TPSA) is 105 Å². The number of hydrogen-bond donors (Lipinski definition) is 1. The van der Waals surface area contributed by atoms with Crippen LogP contribution in [0, 0.1) is 0 Å². The highest BCUT2D eigenvalue weighted by Crippen LogP contribution is 2.18. The molecule has 2 rings (SSSR count). The highest BCUT2D eigenvalue weighted by Gasteiger charge is 2.35. The van der Waals surface area contributed by atoms with Crippen molar-refractivity contribution in [3.05, 3.63) is 30.1 Å². The number of carboxylic acid groups (broad SMARTS) is 1. The minimum absolute atomic E-state index is 0.00927. The monoisotopic (exact) mass is 312 g/mol. The average molecular weight is 312 g/mol. The summed E-state index contributed by atoms with van der Waals surface area (Å²) in [7, 11) is -3.19. The highest BCUT2D eigenvalue weighted by molar-refractivity contribution is 7.91. The maximum Gasteiger partial charge on any atom is 0.323 e. The van der Waals surface area contributed by atoms with E-state index in [1.165, 1.54) is 0 Å². The lowest BCUT2D eigenvalue weighted by Crippen LogP contribution is -2.45. The Morgan fingerprint density at radius 3 is 2.67 bits per heavy atom. The van der Waals surface area contributed by atoms with Crippen LogP contribution in [0.15, 0.2) is 24.4 Å². The van der Waals surface area contributed by atoms with Crippen molar-refractivity contribution < 1.29 is 23.1 Å². The van der Waals surface area contributed by atoms with Crippen LogP contribution in [-0.2, 0) is 25.8 Å². The van der Waals surface area contributed by atoms with E-state index in [0.29, 0.717) is 5.69 Å². The number of carbonyl (C=O) groups is 2. The van der Waals surface area contributed by atoms with E-state index in [9.17, 15) is 18.0 Å². The zero-order chi connectivity index (χ0) is 15.5. The second-order valence-corrected chi connectivity index (χ2v) is 7.20. The predicted molar refractivity (Wildman–Crippen MR) is 74.3 cm³/mol. The van der Waals surface area contributed by atoms with Gasteiger partial charge in [0.05, 0.1) is 17.9 Å². The zero-order valence-corrected chi connectivity index (χ0v) is 12.1. The Kier molecular flexibility index (Phi) is 4.56. The lowest BCUT2D eigenvalue weighted by atomic mass is 10.1. The number of aliphatic carboxylic acids is 1. The van der Waals surface area contributed by atoms with Crippen LogP contribution >= 0.6 is 0 Å². The Morgan fingerprint density at radius 1 is 1.38 bits per heavy atom. The van der Waals surface area contributed by atoms with Gasteiger partial charge in [-0.1, -0.05) is 6.07 Å². The van der Waals surface area contributed by atoms with E-state index in [-0.39, 0.29) is 24.3 Å². The van der Waals surface area contributed by atoms with Gasteiger partial charge in [-0.15, -0.1) is 0 Å². The van der Waals surface area contributed by atoms with Crippen LogP contribution in [0.5, 0.6) is 0 Å². The van der Waals surface area contributed by atoms with Gasteiger partial charge in [0.25, 0.3) is 0 Å². The second kappa shape index (κ2) is 6.21. The molecule has 7 nitrogen and oxygen atoms in total. The number of carboxylic acids is 1. The molecule has 1 N–H and O–H groups in total. The van der Waals surface area contributed by atoms with Gasteiger partial charge in [-0.05, 0) is 18.6 Å². The molecular formula is C13H16N2O5S. The van der Waals surface area contributed by atoms with Crippen molar-refractivity contribution >= 4 is 21.7 Å². The fourth-order valence-corrected chi connectivity index (χ4v) is 4.08. The quantitative estimate of drug-likeness (QED) is 0.802. The molecular weight excluding hydrogens is 296 g/mol. The van der Waals surface area contributed by atoms with Gasteiger partial charge in [-0.25, -0.2) is 8.42 Å². The van der Waals surface area contributed by atoms with Crippen molar-refractivity contribution in [3.63, 3.8) is 0 Å². The molecule has 1 unspecified atom stereocenters. The Morgan fingerprint density at radius 2 is 2.14 bits per heavy atom. The summed E-state index contributed by atoms with van der Waals surface area (Å²) in [6.45, 7) is -0.494. The molecule has 1 aliphatic heterocycles. The first-order valence-corrected chi connectivity index (χ1v) is 8.31. The smallest absolute Gasteiger partial charge is 0.323 e. The molecule has 21 heavy (non-hydrogen) atoms. The fraction of sp³-hybridized carbons (Fsp3) is 0.462. The van der Waals surface area contributed by atoms with Crippen LogP contribution in [0.1, 0.15) is 12.1 Å². The molecule has 0 spiro atoms. The minimum atomic E-state index is -3.19. The molecule has 0 aromatic carbocycles. The SMILES string of the molecule is O=C(O)CN(C(=O)Cc1ccccn1)C1CCS(=O)(=O)C1. The molecule has 8 heteroatoms. The predicted octanol–water partition coefficient (Wildman–Crippen LogP) is -0.276. The van der Waals surface area contributed by atoms with Gasteiger partial charge in [0, 0.05) is 17.9 Å². The summed E-state index contributed by atoms with van der Waals surface area (Å²) in [5, 5.41) is 8.93. The van der Waals surface area contributed by atoms with E-state index < -0.39 is 34.3 Å². The number of sulfone groups is 1. The van der Waals surface area contributed by atoms with Gasteiger partial charge >= 0.3 is 5.97 Å². The maximum absolute atomic E-state index is 12.3. The van der Waals surface area contributed by atoms with Gasteiger partial charge < -0.3 is 10.0 Å². The van der Waals surface area contributed by atoms with Gasteiger partial charge in [0.1, 0.15) is 6.54 Å². The molecule has 1 saturated heterocycles. The Labute approximate surface area is 122 Å². The lowest BCUT2D eigenvalue weighted by molar-refractivity contribution is -0.145. The van der Waals surface area contributed by atoms with Gasteiger partial charge in [-0.3, -0.25) is 14.6 Å². The van der Waals surface area contributed by atoms with E-state index in [0.717, 1.165) is 4.90 Å². The van der Waals surface area contributed by atoms with Crippen molar-refractivity contribution in [3.8, 4) is 0 Å². The fourth-order valence-electron chi connectivity index (χ4n) is 2.35. The van der Waals surface area contributed by atoms with Crippen molar-refractivity contribution in [1.29, 1.82) is 0 Å². The van der Waals surface area contributed by atoms with Crippen LogP contribution in [0.2, 0.25) is 0 Å². The van der Waals surface area contributed by atoms with Crippen LogP contribution in [0.25, 0.3) is 0 Å². The summed E-state index contributed by atoms with van der Waals surface area (Å²) in [4.78, 5) is 28.4. The third-order valence-electron chi connectivity index (χ3n) is 3.33. The van der Waals surface area contributed by atoms with Crippen LogP contribution in [0.4, 0.5) is 0 Å². The largest absolute Gasteiger partial charge is 0.480 e. The summed E-state index contributed by atoms with van der Waals surface area (Å²) in [5.74, 6) is -1.76. The van der Waals surface area contributed by atoms with Crippen molar-refractivity contribution in [2.75, 3.05) is 18.1 Å². The molecule has 1 aromatic rings. The van der Waals surface area contributed by atoms with E-state index in [2.05, 4.69) is 4.98 Å². The summed E-state index contributed by atoms with van der Waals surface area (Å²) in [6.07, 6.45) is 1.79. The van der Waals surface area contributed by atoms with Crippen LogP contribution in [0.3, 0.4) is 0 Å². The molecule has 0 bridgehead atoms. The average Bonchev–Trinajstić information content (AvgIpc) is 2.77. The number of pyridine rings is 1. The van der Waals surface area contributed by atoms with E-state index in [1.54, 1.807) is 24.4 Å². The molecule has 1 fully saturated rings.